The summed E-state index contributed by atoms with van der Waals surface area (Å²) in [7, 11) is 2.85. The number of carbonyl (C=O) groups excluding carboxylic acids is 2. The second-order valence-corrected chi connectivity index (χ2v) is 8.50. The molecule has 0 bridgehead atoms. The molecule has 31 heavy (non-hydrogen) atoms. The fraction of sp³-hybridized carbons (Fsp3) is 0.400. The normalized spacial score (nSPS) is 11.2. The van der Waals surface area contributed by atoms with Crippen LogP contribution in [0.4, 0.5) is 11.5 Å². The number of ketones is 1. The highest BCUT2D eigenvalue weighted by atomic mass is 35.5. The van der Waals surface area contributed by atoms with Gasteiger partial charge in [0.05, 0.1) is 23.1 Å². The fourth-order valence-electron chi connectivity index (χ4n) is 2.99. The Balaban J connectivity index is 2.16. The maximum Gasteiger partial charge on any atom is 0.332 e. The van der Waals surface area contributed by atoms with Gasteiger partial charge in [-0.25, -0.2) is 4.79 Å². The molecule has 0 radical (unpaired) electrons. The van der Waals surface area contributed by atoms with Gasteiger partial charge in [-0.05, 0) is 31.2 Å². The highest BCUT2D eigenvalue weighted by Gasteiger charge is 2.23. The molecule has 0 atom stereocenters. The number of nitrogen functional groups attached to an aromatic ring is 1. The lowest BCUT2D eigenvalue weighted by molar-refractivity contribution is -0.116. The molecule has 11 heteroatoms. The summed E-state index contributed by atoms with van der Waals surface area (Å²) in [5.74, 6) is -1.06. The first-order valence-corrected chi connectivity index (χ1v) is 10.2. The van der Waals surface area contributed by atoms with Crippen LogP contribution in [0.2, 0.25) is 10.0 Å². The Labute approximate surface area is 189 Å². The number of nitrogens with two attached hydrogens (primary N) is 1. The number of hydrogen-bond donors (Lipinski definition) is 2. The quantitative estimate of drug-likeness (QED) is 0.569. The molecule has 0 fully saturated rings. The van der Waals surface area contributed by atoms with E-state index in [0.29, 0.717) is 15.7 Å². The van der Waals surface area contributed by atoms with E-state index in [1.54, 1.807) is 19.2 Å². The lowest BCUT2D eigenvalue weighted by Crippen LogP contribution is -2.44. The van der Waals surface area contributed by atoms with Crippen LogP contribution in [0.1, 0.15) is 24.2 Å². The highest BCUT2D eigenvalue weighted by Crippen LogP contribution is 2.24. The van der Waals surface area contributed by atoms with E-state index in [4.69, 9.17) is 28.9 Å². The molecule has 2 aromatic rings. The zero-order valence-corrected chi connectivity index (χ0v) is 19.3. The predicted molar refractivity (Wildman–Crippen MR) is 122 cm³/mol. The van der Waals surface area contributed by atoms with E-state index in [2.05, 4.69) is 5.32 Å². The van der Waals surface area contributed by atoms with Crippen molar-refractivity contribution in [3.63, 3.8) is 0 Å². The van der Waals surface area contributed by atoms with Crippen molar-refractivity contribution in [2.24, 2.45) is 13.0 Å². The maximum absolute atomic E-state index is 12.8. The molecule has 0 saturated heterocycles. The van der Waals surface area contributed by atoms with Gasteiger partial charge in [0.2, 0.25) is 5.91 Å². The third-order valence-electron chi connectivity index (χ3n) is 4.44. The molecule has 0 spiro atoms. The number of amides is 1. The SMILES string of the molecule is CC(C)Cn1c(N)c(C(=O)CN(C)CC(=O)Nc2ccc(Cl)c(Cl)c2)c(=O)n(C)c1=O. The number of rotatable bonds is 8. The van der Waals surface area contributed by atoms with Crippen LogP contribution < -0.4 is 22.3 Å². The molecule has 0 saturated carbocycles. The average molecular weight is 470 g/mol. The van der Waals surface area contributed by atoms with Crippen molar-refractivity contribution in [3.8, 4) is 0 Å². The number of Topliss-reactive ketones (excluding diaryl/α,β-unsaturated/α-hetero) is 1. The van der Waals surface area contributed by atoms with Crippen molar-refractivity contribution in [2.75, 3.05) is 31.2 Å². The Kier molecular flexibility index (Phi) is 8.05. The van der Waals surface area contributed by atoms with Crippen LogP contribution in [0, 0.1) is 5.92 Å². The Morgan fingerprint density at radius 2 is 1.81 bits per heavy atom. The van der Waals surface area contributed by atoms with E-state index in [1.165, 1.54) is 22.6 Å². The Morgan fingerprint density at radius 3 is 2.39 bits per heavy atom. The van der Waals surface area contributed by atoms with E-state index >= 15 is 0 Å². The molecule has 0 aliphatic heterocycles. The van der Waals surface area contributed by atoms with Gasteiger partial charge in [-0.3, -0.25) is 28.4 Å². The average Bonchev–Trinajstić information content (AvgIpc) is 2.66. The molecular weight excluding hydrogens is 445 g/mol. The van der Waals surface area contributed by atoms with Gasteiger partial charge in [0, 0.05) is 19.3 Å². The minimum absolute atomic E-state index is 0.0770. The Hall–Kier alpha value is -2.62. The number of benzene rings is 1. The molecule has 1 aromatic carbocycles. The summed E-state index contributed by atoms with van der Waals surface area (Å²) in [5.41, 5.74) is 4.86. The molecule has 1 amide bonds. The van der Waals surface area contributed by atoms with Gasteiger partial charge in [-0.2, -0.15) is 0 Å². The van der Waals surface area contributed by atoms with E-state index in [1.807, 2.05) is 13.8 Å². The molecule has 2 rings (SSSR count). The molecule has 1 heterocycles. The van der Waals surface area contributed by atoms with Crippen LogP contribution in [0.5, 0.6) is 0 Å². The number of likely N-dealkylation sites (N-methyl/N-ethyl adjacent to an activating group) is 1. The number of nitrogens with zero attached hydrogens (tertiary/aromatic N) is 3. The predicted octanol–water partition coefficient (Wildman–Crippen LogP) is 1.85. The number of halogens is 2. The van der Waals surface area contributed by atoms with Crippen LogP contribution in [0.3, 0.4) is 0 Å². The minimum Gasteiger partial charge on any atom is -0.384 e. The monoisotopic (exact) mass is 469 g/mol. The van der Waals surface area contributed by atoms with Crippen molar-refractivity contribution < 1.29 is 9.59 Å². The van der Waals surface area contributed by atoms with Crippen molar-refractivity contribution in [1.29, 1.82) is 0 Å². The first kappa shape index (κ1) is 24.6. The van der Waals surface area contributed by atoms with Crippen molar-refractivity contribution in [2.45, 2.75) is 20.4 Å². The summed E-state index contributed by atoms with van der Waals surface area (Å²) >= 11 is 11.8. The van der Waals surface area contributed by atoms with Crippen molar-refractivity contribution >= 4 is 46.4 Å². The van der Waals surface area contributed by atoms with Gasteiger partial charge in [0.25, 0.3) is 5.56 Å². The fourth-order valence-corrected chi connectivity index (χ4v) is 3.28. The third kappa shape index (κ3) is 5.96. The van der Waals surface area contributed by atoms with Gasteiger partial charge in [0.1, 0.15) is 11.4 Å². The smallest absolute Gasteiger partial charge is 0.332 e. The number of hydrogen-bond acceptors (Lipinski definition) is 6. The number of nitrogens with one attached hydrogen (secondary N) is 1. The minimum atomic E-state index is -0.763. The second kappa shape index (κ2) is 10.1. The first-order valence-electron chi connectivity index (χ1n) is 9.48. The summed E-state index contributed by atoms with van der Waals surface area (Å²) in [5, 5.41) is 3.31. The van der Waals surface area contributed by atoms with Gasteiger partial charge >= 0.3 is 5.69 Å². The molecular formula is C20H25Cl2N5O4. The number of aromatic nitrogens is 2. The highest BCUT2D eigenvalue weighted by molar-refractivity contribution is 6.42. The summed E-state index contributed by atoms with van der Waals surface area (Å²) in [6.07, 6.45) is 0. The zero-order chi connectivity index (χ0) is 23.5. The van der Waals surface area contributed by atoms with Gasteiger partial charge in [-0.1, -0.05) is 37.0 Å². The van der Waals surface area contributed by atoms with E-state index in [9.17, 15) is 19.2 Å². The molecule has 9 nitrogen and oxygen atoms in total. The van der Waals surface area contributed by atoms with Gasteiger partial charge < -0.3 is 11.1 Å². The largest absolute Gasteiger partial charge is 0.384 e. The lowest BCUT2D eigenvalue weighted by Gasteiger charge is -2.18. The molecule has 3 N–H and O–H groups in total. The molecule has 0 aliphatic carbocycles. The summed E-state index contributed by atoms with van der Waals surface area (Å²) in [4.78, 5) is 51.4. The van der Waals surface area contributed by atoms with Crippen LogP contribution >= 0.6 is 23.2 Å². The van der Waals surface area contributed by atoms with Gasteiger partial charge in [-0.15, -0.1) is 0 Å². The van der Waals surface area contributed by atoms with E-state index < -0.39 is 17.0 Å². The topological polar surface area (TPSA) is 119 Å². The second-order valence-electron chi connectivity index (χ2n) is 7.68. The molecule has 1 aromatic heterocycles. The van der Waals surface area contributed by atoms with E-state index in [0.717, 1.165) is 4.57 Å². The maximum atomic E-state index is 12.8. The first-order chi connectivity index (χ1) is 14.4. The number of carbonyl (C=O) groups is 2. The Morgan fingerprint density at radius 1 is 1.16 bits per heavy atom. The zero-order valence-electron chi connectivity index (χ0n) is 17.7. The molecule has 168 valence electrons. The lowest BCUT2D eigenvalue weighted by atomic mass is 10.1. The van der Waals surface area contributed by atoms with Crippen LogP contribution in [0.15, 0.2) is 27.8 Å². The number of anilines is 2. The van der Waals surface area contributed by atoms with Gasteiger partial charge in [0.15, 0.2) is 5.78 Å². The van der Waals surface area contributed by atoms with E-state index in [-0.39, 0.29) is 42.8 Å². The summed E-state index contributed by atoms with van der Waals surface area (Å²) in [6.45, 7) is 3.67. The molecule has 0 unspecified atom stereocenters. The standard InChI is InChI=1S/C20H25Cl2N5O4/c1-11(2)8-27-18(23)17(19(30)26(4)20(27)31)15(28)9-25(3)10-16(29)24-12-5-6-13(21)14(22)7-12/h5-7,11H,8-10,23H2,1-4H3,(H,24,29). The molecule has 0 aliphatic rings. The third-order valence-corrected chi connectivity index (χ3v) is 5.18. The summed E-state index contributed by atoms with van der Waals surface area (Å²) in [6, 6.07) is 4.66. The van der Waals surface area contributed by atoms with Crippen LogP contribution in [0.25, 0.3) is 0 Å². The van der Waals surface area contributed by atoms with Crippen molar-refractivity contribution in [3.05, 3.63) is 54.6 Å². The van der Waals surface area contributed by atoms with Crippen LogP contribution in [-0.2, 0) is 18.4 Å². The van der Waals surface area contributed by atoms with Crippen molar-refractivity contribution in [1.82, 2.24) is 14.0 Å². The van der Waals surface area contributed by atoms with Crippen LogP contribution in [-0.4, -0.2) is 45.9 Å². The summed E-state index contributed by atoms with van der Waals surface area (Å²) < 4.78 is 2.08. The Bertz CT molecular complexity index is 1120.